The highest BCUT2D eigenvalue weighted by molar-refractivity contribution is 6.06. The highest BCUT2D eigenvalue weighted by Gasteiger charge is 2.39. The Morgan fingerprint density at radius 1 is 1.07 bits per heavy atom. The summed E-state index contributed by atoms with van der Waals surface area (Å²) in [5.41, 5.74) is 2.89. The van der Waals surface area contributed by atoms with Crippen molar-refractivity contribution in [1.82, 2.24) is 0 Å². The zero-order valence-corrected chi connectivity index (χ0v) is 16.4. The molecule has 2 aromatic carbocycles. The fraction of sp³-hybridized carbons (Fsp3) is 0.318. The maximum atomic E-state index is 13.2. The number of amides is 2. The van der Waals surface area contributed by atoms with Gasteiger partial charge in [0.2, 0.25) is 11.8 Å². The Hall–Kier alpha value is -3.35. The highest BCUT2D eigenvalue weighted by atomic mass is 16.5. The van der Waals surface area contributed by atoms with Gasteiger partial charge in [0.05, 0.1) is 31.4 Å². The number of fused-ring (bicyclic) bond motifs is 1. The number of nitrogens with zero attached hydrogens (tertiary/aromatic N) is 2. The van der Waals surface area contributed by atoms with E-state index >= 15 is 0 Å². The van der Waals surface area contributed by atoms with Gasteiger partial charge in [-0.15, -0.1) is 0 Å². The monoisotopic (exact) mass is 394 g/mol. The van der Waals surface area contributed by atoms with Gasteiger partial charge >= 0.3 is 5.97 Å². The van der Waals surface area contributed by atoms with Gasteiger partial charge in [-0.2, -0.15) is 0 Å². The molecule has 0 N–H and O–H groups in total. The van der Waals surface area contributed by atoms with Gasteiger partial charge in [-0.05, 0) is 42.3 Å². The molecule has 1 unspecified atom stereocenters. The van der Waals surface area contributed by atoms with Crippen LogP contribution < -0.4 is 14.5 Å². The lowest BCUT2D eigenvalue weighted by Crippen LogP contribution is -2.36. The Bertz CT molecular complexity index is 987. The van der Waals surface area contributed by atoms with E-state index in [1.165, 1.54) is 7.11 Å². The first-order valence-corrected chi connectivity index (χ1v) is 9.49. The topological polar surface area (TPSA) is 76.2 Å². The number of ether oxygens (including phenoxy) is 2. The van der Waals surface area contributed by atoms with Gasteiger partial charge in [-0.3, -0.25) is 9.59 Å². The van der Waals surface area contributed by atoms with Crippen LogP contribution in [0.1, 0.15) is 22.3 Å². The third-order valence-electron chi connectivity index (χ3n) is 5.51. The number of carbonyl (C=O) groups excluding carboxylic acids is 3. The number of esters is 1. The molecular weight excluding hydrogens is 372 g/mol. The fourth-order valence-corrected chi connectivity index (χ4v) is 4.05. The maximum Gasteiger partial charge on any atom is 0.337 e. The molecular formula is C22H22N2O5. The van der Waals surface area contributed by atoms with Gasteiger partial charge in [0.1, 0.15) is 5.75 Å². The molecule has 2 aromatic rings. The van der Waals surface area contributed by atoms with Crippen molar-refractivity contribution in [2.45, 2.75) is 12.8 Å². The molecule has 1 fully saturated rings. The summed E-state index contributed by atoms with van der Waals surface area (Å²) in [5.74, 6) is -0.366. The number of carbonyl (C=O) groups is 3. The van der Waals surface area contributed by atoms with Crippen molar-refractivity contribution in [2.24, 2.45) is 5.92 Å². The predicted octanol–water partition coefficient (Wildman–Crippen LogP) is 2.42. The van der Waals surface area contributed by atoms with E-state index in [-0.39, 0.29) is 18.2 Å². The molecule has 2 amide bonds. The minimum atomic E-state index is -0.418. The van der Waals surface area contributed by atoms with Crippen LogP contribution in [0.2, 0.25) is 0 Å². The fourth-order valence-electron chi connectivity index (χ4n) is 4.05. The second kappa shape index (κ2) is 7.58. The summed E-state index contributed by atoms with van der Waals surface area (Å²) >= 11 is 0. The van der Waals surface area contributed by atoms with Crippen molar-refractivity contribution in [3.63, 3.8) is 0 Å². The Kier molecular flexibility index (Phi) is 4.96. The van der Waals surface area contributed by atoms with Gasteiger partial charge in [0.15, 0.2) is 0 Å². The van der Waals surface area contributed by atoms with E-state index in [1.807, 2.05) is 18.2 Å². The van der Waals surface area contributed by atoms with Gasteiger partial charge < -0.3 is 19.3 Å². The molecule has 0 radical (unpaired) electrons. The van der Waals surface area contributed by atoms with Crippen LogP contribution in [0.25, 0.3) is 0 Å². The van der Waals surface area contributed by atoms with Crippen molar-refractivity contribution >= 4 is 29.2 Å². The van der Waals surface area contributed by atoms with Crippen LogP contribution in [-0.4, -0.2) is 45.1 Å². The first-order valence-electron chi connectivity index (χ1n) is 9.49. The first-order chi connectivity index (χ1) is 14.0. The van der Waals surface area contributed by atoms with Crippen LogP contribution in [0.15, 0.2) is 42.5 Å². The minimum absolute atomic E-state index is 0.0692. The van der Waals surface area contributed by atoms with E-state index < -0.39 is 11.9 Å². The number of anilines is 2. The summed E-state index contributed by atoms with van der Waals surface area (Å²) in [6.07, 6.45) is 0.839. The predicted molar refractivity (Wildman–Crippen MR) is 107 cm³/mol. The summed E-state index contributed by atoms with van der Waals surface area (Å²) in [6, 6.07) is 12.5. The summed E-state index contributed by atoms with van der Waals surface area (Å²) in [7, 11) is 2.90. The number of hydrogen-bond acceptors (Lipinski definition) is 5. The van der Waals surface area contributed by atoms with E-state index in [4.69, 9.17) is 9.47 Å². The smallest absolute Gasteiger partial charge is 0.337 e. The summed E-state index contributed by atoms with van der Waals surface area (Å²) in [6.45, 7) is 0.863. The molecule has 150 valence electrons. The lowest BCUT2D eigenvalue weighted by Gasteiger charge is -2.22. The number of para-hydroxylation sites is 2. The molecule has 2 aliphatic rings. The second-order valence-electron chi connectivity index (χ2n) is 7.15. The molecule has 29 heavy (non-hydrogen) atoms. The Morgan fingerprint density at radius 3 is 2.62 bits per heavy atom. The van der Waals surface area contributed by atoms with E-state index in [0.29, 0.717) is 36.5 Å². The van der Waals surface area contributed by atoms with Crippen molar-refractivity contribution in [3.05, 3.63) is 53.6 Å². The van der Waals surface area contributed by atoms with E-state index in [0.717, 1.165) is 11.3 Å². The molecule has 0 aromatic heterocycles. The quantitative estimate of drug-likeness (QED) is 0.745. The van der Waals surface area contributed by atoms with Crippen molar-refractivity contribution in [2.75, 3.05) is 37.1 Å². The molecule has 4 rings (SSSR count). The zero-order chi connectivity index (χ0) is 20.5. The maximum absolute atomic E-state index is 13.2. The van der Waals surface area contributed by atoms with Gasteiger partial charge in [0.25, 0.3) is 0 Å². The Balaban J connectivity index is 1.53. The van der Waals surface area contributed by atoms with E-state index in [9.17, 15) is 14.4 Å². The molecule has 0 saturated carbocycles. The lowest BCUT2D eigenvalue weighted by atomic mass is 10.1. The average molecular weight is 394 g/mol. The van der Waals surface area contributed by atoms with Crippen LogP contribution in [0.3, 0.4) is 0 Å². The molecule has 2 heterocycles. The third kappa shape index (κ3) is 3.33. The lowest BCUT2D eigenvalue weighted by molar-refractivity contribution is -0.124. The van der Waals surface area contributed by atoms with Crippen molar-refractivity contribution < 1.29 is 23.9 Å². The molecule has 7 heteroatoms. The molecule has 0 spiro atoms. The second-order valence-corrected chi connectivity index (χ2v) is 7.15. The summed E-state index contributed by atoms with van der Waals surface area (Å²) < 4.78 is 10.1. The van der Waals surface area contributed by atoms with Crippen LogP contribution in [0.5, 0.6) is 5.75 Å². The average Bonchev–Trinajstić information content (AvgIpc) is 3.35. The molecule has 7 nitrogen and oxygen atoms in total. The zero-order valence-electron chi connectivity index (χ0n) is 16.4. The normalized spacial score (nSPS) is 18.0. The van der Waals surface area contributed by atoms with Gasteiger partial charge in [-0.25, -0.2) is 4.79 Å². The number of hydrogen-bond donors (Lipinski definition) is 0. The number of rotatable bonds is 4. The van der Waals surface area contributed by atoms with Crippen LogP contribution in [0.4, 0.5) is 11.4 Å². The highest BCUT2D eigenvalue weighted by Crippen LogP contribution is 2.36. The van der Waals surface area contributed by atoms with Crippen LogP contribution in [-0.2, 0) is 20.7 Å². The van der Waals surface area contributed by atoms with Gasteiger partial charge in [0, 0.05) is 25.2 Å². The van der Waals surface area contributed by atoms with E-state index in [2.05, 4.69) is 0 Å². The molecule has 1 atom stereocenters. The Labute approximate surface area is 168 Å². The largest absolute Gasteiger partial charge is 0.495 e. The van der Waals surface area contributed by atoms with Crippen molar-refractivity contribution in [3.8, 4) is 5.75 Å². The standard InChI is InChI=1S/C22H22N2O5/c1-28-19-6-4-3-5-18(19)24-13-16(12-20(24)25)21(26)23-10-9-14-11-15(22(27)29-2)7-8-17(14)23/h3-8,11,16H,9-10,12-13H2,1-2H3. The first kappa shape index (κ1) is 19.0. The molecule has 0 aliphatic carbocycles. The van der Waals surface area contributed by atoms with Crippen LogP contribution >= 0.6 is 0 Å². The summed E-state index contributed by atoms with van der Waals surface area (Å²) in [4.78, 5) is 40.9. The Morgan fingerprint density at radius 2 is 1.86 bits per heavy atom. The minimum Gasteiger partial charge on any atom is -0.495 e. The van der Waals surface area contributed by atoms with Gasteiger partial charge in [-0.1, -0.05) is 12.1 Å². The van der Waals surface area contributed by atoms with Crippen LogP contribution in [0, 0.1) is 5.92 Å². The molecule has 2 aliphatic heterocycles. The molecule has 0 bridgehead atoms. The number of methoxy groups -OCH3 is 2. The van der Waals surface area contributed by atoms with Crippen molar-refractivity contribution in [1.29, 1.82) is 0 Å². The number of benzene rings is 2. The summed E-state index contributed by atoms with van der Waals surface area (Å²) in [5, 5.41) is 0. The third-order valence-corrected chi connectivity index (χ3v) is 5.51. The molecule has 1 saturated heterocycles. The van der Waals surface area contributed by atoms with E-state index in [1.54, 1.807) is 41.2 Å². The SMILES string of the molecule is COC(=O)c1ccc2c(c1)CCN2C(=O)C1CC(=O)N(c2ccccc2OC)C1.